The fourth-order valence-electron chi connectivity index (χ4n) is 1.83. The van der Waals surface area contributed by atoms with Gasteiger partial charge < -0.3 is 0 Å². The Morgan fingerprint density at radius 3 is 2.21 bits per heavy atom. The van der Waals surface area contributed by atoms with Gasteiger partial charge in [-0.2, -0.15) is 0 Å². The molecule has 5 heteroatoms. The van der Waals surface area contributed by atoms with Crippen LogP contribution in [0, 0.1) is 17.5 Å². The predicted octanol–water partition coefficient (Wildman–Crippen LogP) is 5.31. The van der Waals surface area contributed by atoms with Crippen LogP contribution in [0.5, 0.6) is 0 Å². The lowest BCUT2D eigenvalue weighted by Crippen LogP contribution is -2.03. The highest BCUT2D eigenvalue weighted by molar-refractivity contribution is 9.09. The van der Waals surface area contributed by atoms with Crippen molar-refractivity contribution in [3.8, 4) is 0 Å². The second-order valence-corrected chi connectivity index (χ2v) is 5.65. The van der Waals surface area contributed by atoms with Gasteiger partial charge in [0.1, 0.15) is 17.5 Å². The molecular formula is C14H10BrF3S. The lowest BCUT2D eigenvalue weighted by molar-refractivity contribution is 0.527. The van der Waals surface area contributed by atoms with Crippen molar-refractivity contribution in [3.05, 3.63) is 65.0 Å². The molecule has 0 spiro atoms. The van der Waals surface area contributed by atoms with Crippen LogP contribution in [0.4, 0.5) is 13.2 Å². The van der Waals surface area contributed by atoms with Crippen LogP contribution in [0.15, 0.2) is 41.3 Å². The summed E-state index contributed by atoms with van der Waals surface area (Å²) in [5.74, 6) is -2.71. The van der Waals surface area contributed by atoms with Gasteiger partial charge in [0, 0.05) is 22.6 Å². The highest BCUT2D eigenvalue weighted by Crippen LogP contribution is 2.38. The summed E-state index contributed by atoms with van der Waals surface area (Å²) in [6.45, 7) is 0. The van der Waals surface area contributed by atoms with E-state index in [9.17, 15) is 13.2 Å². The molecule has 0 nitrogen and oxygen atoms in total. The maximum absolute atomic E-state index is 13.8. The summed E-state index contributed by atoms with van der Waals surface area (Å²) in [4.78, 5) is 0.254. The van der Waals surface area contributed by atoms with Crippen molar-refractivity contribution in [1.29, 1.82) is 0 Å². The molecule has 0 bridgehead atoms. The van der Waals surface area contributed by atoms with Gasteiger partial charge in [0.15, 0.2) is 0 Å². The van der Waals surface area contributed by atoms with Crippen LogP contribution in [-0.2, 0) is 0 Å². The SMILES string of the molecule is CSc1ccccc1C(Br)c1c(F)cc(F)cc1F. The molecule has 2 aromatic rings. The van der Waals surface area contributed by atoms with Crippen molar-refractivity contribution < 1.29 is 13.2 Å². The highest BCUT2D eigenvalue weighted by atomic mass is 79.9. The average Bonchev–Trinajstić information content (AvgIpc) is 2.37. The van der Waals surface area contributed by atoms with Crippen molar-refractivity contribution in [2.75, 3.05) is 6.26 Å². The van der Waals surface area contributed by atoms with Gasteiger partial charge in [-0.15, -0.1) is 11.8 Å². The smallest absolute Gasteiger partial charge is 0.133 e. The molecule has 0 N–H and O–H groups in total. The van der Waals surface area contributed by atoms with Gasteiger partial charge in [-0.05, 0) is 17.9 Å². The summed E-state index contributed by atoms with van der Waals surface area (Å²) in [5.41, 5.74) is 0.572. The molecule has 0 aliphatic carbocycles. The van der Waals surface area contributed by atoms with Gasteiger partial charge in [-0.25, -0.2) is 13.2 Å². The largest absolute Gasteiger partial charge is 0.207 e. The Labute approximate surface area is 122 Å². The van der Waals surface area contributed by atoms with Gasteiger partial charge in [0.2, 0.25) is 0 Å². The summed E-state index contributed by atoms with van der Waals surface area (Å²) >= 11 is 4.78. The molecule has 19 heavy (non-hydrogen) atoms. The van der Waals surface area contributed by atoms with E-state index in [0.717, 1.165) is 10.5 Å². The molecule has 0 saturated carbocycles. The lowest BCUT2D eigenvalue weighted by atomic mass is 10.0. The van der Waals surface area contributed by atoms with Gasteiger partial charge in [-0.3, -0.25) is 0 Å². The number of halogens is 4. The minimum absolute atomic E-state index is 0.178. The first-order valence-electron chi connectivity index (χ1n) is 5.46. The summed E-state index contributed by atoms with van der Waals surface area (Å²) in [7, 11) is 0. The molecule has 0 saturated heterocycles. The average molecular weight is 347 g/mol. The molecule has 0 heterocycles. The van der Waals surface area contributed by atoms with E-state index in [1.165, 1.54) is 11.8 Å². The van der Waals surface area contributed by atoms with E-state index < -0.39 is 22.3 Å². The summed E-state index contributed by atoms with van der Waals surface area (Å²) in [6.07, 6.45) is 1.88. The molecule has 0 amide bonds. The zero-order valence-corrected chi connectivity index (χ0v) is 12.4. The first-order chi connectivity index (χ1) is 9.04. The first-order valence-corrected chi connectivity index (χ1v) is 7.60. The summed E-state index contributed by atoms with van der Waals surface area (Å²) in [5, 5.41) is 0. The maximum Gasteiger partial charge on any atom is 0.133 e. The van der Waals surface area contributed by atoms with Crippen LogP contribution in [0.25, 0.3) is 0 Å². The van der Waals surface area contributed by atoms with E-state index in [1.54, 1.807) is 12.1 Å². The van der Waals surface area contributed by atoms with E-state index in [0.29, 0.717) is 12.1 Å². The Hall–Kier alpha value is -0.940. The van der Waals surface area contributed by atoms with E-state index in [2.05, 4.69) is 15.9 Å². The Morgan fingerprint density at radius 1 is 1.05 bits per heavy atom. The number of hydrogen-bond donors (Lipinski definition) is 0. The Kier molecular flexibility index (Phi) is 4.58. The fourth-order valence-corrected chi connectivity index (χ4v) is 3.45. The van der Waals surface area contributed by atoms with Gasteiger partial charge in [0.25, 0.3) is 0 Å². The Bertz CT molecular complexity index is 578. The van der Waals surface area contributed by atoms with E-state index in [1.807, 2.05) is 18.4 Å². The molecule has 1 unspecified atom stereocenters. The third-order valence-electron chi connectivity index (χ3n) is 2.71. The predicted molar refractivity (Wildman–Crippen MR) is 75.3 cm³/mol. The maximum atomic E-state index is 13.8. The van der Waals surface area contributed by atoms with Crippen molar-refractivity contribution in [2.24, 2.45) is 0 Å². The highest BCUT2D eigenvalue weighted by Gasteiger charge is 2.22. The number of rotatable bonds is 3. The molecule has 1 atom stereocenters. The fraction of sp³-hybridized carbons (Fsp3) is 0.143. The quantitative estimate of drug-likeness (QED) is 0.536. The number of benzene rings is 2. The molecule has 0 fully saturated rings. The lowest BCUT2D eigenvalue weighted by Gasteiger charge is -2.15. The minimum Gasteiger partial charge on any atom is -0.207 e. The zero-order valence-electron chi connectivity index (χ0n) is 9.96. The third kappa shape index (κ3) is 2.98. The van der Waals surface area contributed by atoms with Crippen LogP contribution in [0.2, 0.25) is 0 Å². The van der Waals surface area contributed by atoms with Crippen molar-refractivity contribution >= 4 is 27.7 Å². The molecule has 0 aliphatic rings. The monoisotopic (exact) mass is 346 g/mol. The van der Waals surface area contributed by atoms with Gasteiger partial charge >= 0.3 is 0 Å². The van der Waals surface area contributed by atoms with Crippen molar-refractivity contribution in [2.45, 2.75) is 9.72 Å². The van der Waals surface area contributed by atoms with Crippen LogP contribution in [0.3, 0.4) is 0 Å². The second kappa shape index (κ2) is 6.01. The molecule has 2 aromatic carbocycles. The topological polar surface area (TPSA) is 0 Å². The van der Waals surface area contributed by atoms with Crippen LogP contribution < -0.4 is 0 Å². The minimum atomic E-state index is -0.920. The van der Waals surface area contributed by atoms with E-state index >= 15 is 0 Å². The summed E-state index contributed by atoms with van der Waals surface area (Å²) < 4.78 is 40.5. The molecule has 0 aromatic heterocycles. The summed E-state index contributed by atoms with van der Waals surface area (Å²) in [6, 6.07) is 8.68. The van der Waals surface area contributed by atoms with Gasteiger partial charge in [0.05, 0.1) is 4.83 Å². The van der Waals surface area contributed by atoms with Gasteiger partial charge in [-0.1, -0.05) is 34.1 Å². The Morgan fingerprint density at radius 2 is 1.63 bits per heavy atom. The normalized spacial score (nSPS) is 12.5. The third-order valence-corrected chi connectivity index (χ3v) is 4.47. The first kappa shape index (κ1) is 14.5. The van der Waals surface area contributed by atoms with Crippen LogP contribution >= 0.6 is 27.7 Å². The second-order valence-electron chi connectivity index (χ2n) is 3.89. The van der Waals surface area contributed by atoms with Crippen molar-refractivity contribution in [1.82, 2.24) is 0 Å². The van der Waals surface area contributed by atoms with Crippen LogP contribution in [0.1, 0.15) is 16.0 Å². The zero-order chi connectivity index (χ0) is 14.0. The standard InChI is InChI=1S/C14H10BrF3S/c1-19-12-5-3-2-4-9(12)14(15)13-10(17)6-8(16)7-11(13)18/h2-7,14H,1H3. The number of thioether (sulfide) groups is 1. The van der Waals surface area contributed by atoms with E-state index in [4.69, 9.17) is 0 Å². The van der Waals surface area contributed by atoms with Crippen LogP contribution in [-0.4, -0.2) is 6.26 Å². The molecule has 100 valence electrons. The Balaban J connectivity index is 2.53. The number of hydrogen-bond acceptors (Lipinski definition) is 1. The molecular weight excluding hydrogens is 337 g/mol. The number of alkyl halides is 1. The molecule has 0 radical (unpaired) electrons. The van der Waals surface area contributed by atoms with E-state index in [-0.39, 0.29) is 5.56 Å². The van der Waals surface area contributed by atoms with Crippen molar-refractivity contribution in [3.63, 3.8) is 0 Å². The molecule has 2 rings (SSSR count). The molecule has 0 aliphatic heterocycles.